The van der Waals surface area contributed by atoms with Crippen LogP contribution in [0.4, 0.5) is 0 Å². The minimum absolute atomic E-state index is 0.149. The molecule has 2 aromatic heterocycles. The van der Waals surface area contributed by atoms with Crippen molar-refractivity contribution in [1.29, 1.82) is 0 Å². The van der Waals surface area contributed by atoms with Crippen LogP contribution in [0.5, 0.6) is 5.75 Å². The van der Waals surface area contributed by atoms with Gasteiger partial charge in [-0.25, -0.2) is 4.98 Å². The first-order valence-electron chi connectivity index (χ1n) is 9.17. The Morgan fingerprint density at radius 1 is 1.10 bits per heavy atom. The van der Waals surface area contributed by atoms with Crippen LogP contribution in [0, 0.1) is 0 Å². The van der Waals surface area contributed by atoms with E-state index < -0.39 is 5.91 Å². The molecule has 0 spiro atoms. The van der Waals surface area contributed by atoms with E-state index in [9.17, 15) is 4.79 Å². The van der Waals surface area contributed by atoms with Crippen molar-refractivity contribution in [2.75, 3.05) is 7.11 Å². The first kappa shape index (κ1) is 20.2. The number of halogens is 2. The summed E-state index contributed by atoms with van der Waals surface area (Å²) in [5.41, 5.74) is 8.47. The molecule has 8 heteroatoms. The van der Waals surface area contributed by atoms with Crippen molar-refractivity contribution in [1.82, 2.24) is 14.5 Å². The van der Waals surface area contributed by atoms with Crippen LogP contribution in [0.15, 0.2) is 54.9 Å². The van der Waals surface area contributed by atoms with Gasteiger partial charge in [-0.3, -0.25) is 14.3 Å². The third-order valence-corrected chi connectivity index (χ3v) is 5.57. The van der Waals surface area contributed by atoms with E-state index >= 15 is 0 Å². The molecule has 2 aromatic carbocycles. The molecule has 2 N–H and O–H groups in total. The maximum atomic E-state index is 12.3. The summed E-state index contributed by atoms with van der Waals surface area (Å²) in [6, 6.07) is 13.2. The van der Waals surface area contributed by atoms with Crippen LogP contribution in [-0.2, 0) is 0 Å². The Morgan fingerprint density at radius 3 is 2.37 bits per heavy atom. The van der Waals surface area contributed by atoms with Gasteiger partial charge in [-0.15, -0.1) is 0 Å². The fourth-order valence-electron chi connectivity index (χ4n) is 3.56. The van der Waals surface area contributed by atoms with Crippen molar-refractivity contribution in [3.63, 3.8) is 0 Å². The Bertz CT molecular complexity index is 1230. The number of benzene rings is 2. The molecule has 152 valence electrons. The molecule has 0 aliphatic heterocycles. The zero-order valence-electron chi connectivity index (χ0n) is 16.3. The third kappa shape index (κ3) is 3.28. The Balaban J connectivity index is 2.17. The number of methoxy groups -OCH3 is 1. The van der Waals surface area contributed by atoms with Gasteiger partial charge in [0.15, 0.2) is 0 Å². The number of nitrogens with two attached hydrogens (primary N) is 1. The average molecular weight is 441 g/mol. The second-order valence-electron chi connectivity index (χ2n) is 6.77. The Hall–Kier alpha value is -3.09. The Labute approximate surface area is 183 Å². The van der Waals surface area contributed by atoms with E-state index in [0.29, 0.717) is 38.3 Å². The monoisotopic (exact) mass is 440 g/mol. The van der Waals surface area contributed by atoms with Gasteiger partial charge in [-0.2, -0.15) is 0 Å². The van der Waals surface area contributed by atoms with Crippen LogP contribution in [0.2, 0.25) is 10.0 Å². The summed E-state index contributed by atoms with van der Waals surface area (Å²) in [4.78, 5) is 21.2. The van der Waals surface area contributed by atoms with Crippen molar-refractivity contribution < 1.29 is 9.53 Å². The molecule has 0 aliphatic rings. The maximum Gasteiger partial charge on any atom is 0.250 e. The molecular weight excluding hydrogens is 423 g/mol. The maximum absolute atomic E-state index is 12.3. The number of primary amides is 1. The number of fused-ring (bicyclic) bond motifs is 1. The number of pyridine rings is 1. The molecular formula is C22H18Cl2N4O2. The lowest BCUT2D eigenvalue weighted by Crippen LogP contribution is -2.14. The number of carbonyl (C=O) groups excluding carboxylic acids is 1. The summed E-state index contributed by atoms with van der Waals surface area (Å²) in [6.07, 6.45) is 2.99. The third-order valence-electron chi connectivity index (χ3n) is 5.02. The van der Waals surface area contributed by atoms with Gasteiger partial charge < -0.3 is 10.5 Å². The highest BCUT2D eigenvalue weighted by Crippen LogP contribution is 2.39. The first-order valence-corrected chi connectivity index (χ1v) is 9.93. The molecule has 0 radical (unpaired) electrons. The molecule has 1 amide bonds. The van der Waals surface area contributed by atoms with Crippen molar-refractivity contribution >= 4 is 40.1 Å². The summed E-state index contributed by atoms with van der Waals surface area (Å²) in [5.74, 6) is 0.406. The number of hydrogen-bond acceptors (Lipinski definition) is 4. The van der Waals surface area contributed by atoms with Gasteiger partial charge in [-0.05, 0) is 17.7 Å². The lowest BCUT2D eigenvalue weighted by molar-refractivity contribution is 0.100. The molecule has 2 heterocycles. The summed E-state index contributed by atoms with van der Waals surface area (Å²) >= 11 is 13.0. The number of ether oxygens (including phenoxy) is 1. The number of nitrogens with zero attached hydrogens (tertiary/aromatic N) is 3. The minimum Gasteiger partial charge on any atom is -0.494 e. The van der Waals surface area contributed by atoms with Gasteiger partial charge >= 0.3 is 0 Å². The summed E-state index contributed by atoms with van der Waals surface area (Å²) in [5, 5.41) is 0.642. The van der Waals surface area contributed by atoms with E-state index in [1.807, 2.05) is 37.3 Å². The van der Waals surface area contributed by atoms with Crippen molar-refractivity contribution in [2.24, 2.45) is 5.73 Å². The van der Waals surface area contributed by atoms with Gasteiger partial charge in [0.1, 0.15) is 17.1 Å². The van der Waals surface area contributed by atoms with Crippen LogP contribution in [-0.4, -0.2) is 27.6 Å². The normalized spacial score (nSPS) is 12.1. The van der Waals surface area contributed by atoms with Crippen molar-refractivity contribution in [2.45, 2.75) is 12.8 Å². The molecule has 4 rings (SSSR count). The summed E-state index contributed by atoms with van der Waals surface area (Å²) < 4.78 is 7.29. The fraction of sp³-hybridized carbons (Fsp3) is 0.136. The fourth-order valence-corrected chi connectivity index (χ4v) is 4.10. The average Bonchev–Trinajstić information content (AvgIpc) is 3.13. The molecule has 30 heavy (non-hydrogen) atoms. The van der Waals surface area contributed by atoms with Gasteiger partial charge in [-0.1, -0.05) is 60.5 Å². The molecule has 4 aromatic rings. The number of rotatable bonds is 5. The zero-order chi connectivity index (χ0) is 21.4. The zero-order valence-corrected chi connectivity index (χ0v) is 17.8. The van der Waals surface area contributed by atoms with E-state index in [4.69, 9.17) is 38.7 Å². The van der Waals surface area contributed by atoms with E-state index in [0.717, 1.165) is 5.56 Å². The highest BCUT2D eigenvalue weighted by atomic mass is 35.5. The van der Waals surface area contributed by atoms with Crippen LogP contribution >= 0.6 is 23.2 Å². The van der Waals surface area contributed by atoms with Crippen LogP contribution < -0.4 is 10.5 Å². The van der Waals surface area contributed by atoms with E-state index in [1.54, 1.807) is 23.8 Å². The van der Waals surface area contributed by atoms with Gasteiger partial charge in [0.2, 0.25) is 0 Å². The van der Waals surface area contributed by atoms with Crippen molar-refractivity contribution in [3.05, 3.63) is 81.9 Å². The smallest absolute Gasteiger partial charge is 0.250 e. The molecule has 1 atom stereocenters. The molecule has 0 saturated carbocycles. The SMILES string of the molecule is COc1ccc(C(N)=O)c2c1nc(C(C)c1ccccc1)n2-c1c(Cl)cncc1Cl. The van der Waals surface area contributed by atoms with Crippen LogP contribution in [0.25, 0.3) is 16.7 Å². The standard InChI is InChI=1S/C22H18Cl2N4O2/c1-12(13-6-4-3-5-7-13)22-27-18-17(30-2)9-8-14(21(25)29)19(18)28(22)20-15(23)10-26-11-16(20)24/h3-12H,1-2H3,(H2,25,29). The molecule has 0 bridgehead atoms. The molecule has 1 unspecified atom stereocenters. The van der Waals surface area contributed by atoms with E-state index in [2.05, 4.69) is 4.98 Å². The van der Waals surface area contributed by atoms with Gasteiger partial charge in [0, 0.05) is 18.3 Å². The molecule has 0 aliphatic carbocycles. The second kappa shape index (κ2) is 7.97. The lowest BCUT2D eigenvalue weighted by Gasteiger charge is -2.18. The Morgan fingerprint density at radius 2 is 1.77 bits per heavy atom. The topological polar surface area (TPSA) is 83.0 Å². The van der Waals surface area contributed by atoms with E-state index in [1.165, 1.54) is 12.4 Å². The van der Waals surface area contributed by atoms with Crippen LogP contribution in [0.1, 0.15) is 34.6 Å². The number of aromatic nitrogens is 3. The Kier molecular flexibility index (Phi) is 5.37. The molecule has 6 nitrogen and oxygen atoms in total. The number of carbonyl (C=O) groups is 1. The lowest BCUT2D eigenvalue weighted by atomic mass is 10.0. The second-order valence-corrected chi connectivity index (χ2v) is 7.58. The molecule has 0 saturated heterocycles. The number of imidazole rings is 1. The summed E-state index contributed by atoms with van der Waals surface area (Å²) in [7, 11) is 1.55. The van der Waals surface area contributed by atoms with Crippen LogP contribution in [0.3, 0.4) is 0 Å². The highest BCUT2D eigenvalue weighted by molar-refractivity contribution is 6.37. The minimum atomic E-state index is -0.594. The number of amides is 1. The van der Waals surface area contributed by atoms with E-state index in [-0.39, 0.29) is 11.5 Å². The quantitative estimate of drug-likeness (QED) is 0.473. The van der Waals surface area contributed by atoms with Gasteiger partial charge in [0.05, 0.1) is 33.9 Å². The number of hydrogen-bond donors (Lipinski definition) is 1. The van der Waals surface area contributed by atoms with Gasteiger partial charge in [0.25, 0.3) is 5.91 Å². The largest absolute Gasteiger partial charge is 0.494 e. The summed E-state index contributed by atoms with van der Waals surface area (Å²) in [6.45, 7) is 2.02. The van der Waals surface area contributed by atoms with Crippen molar-refractivity contribution in [3.8, 4) is 11.4 Å². The predicted molar refractivity (Wildman–Crippen MR) is 118 cm³/mol. The molecule has 0 fully saturated rings. The highest BCUT2D eigenvalue weighted by Gasteiger charge is 2.27. The predicted octanol–water partition coefficient (Wildman–Crippen LogP) is 4.99. The first-order chi connectivity index (χ1) is 14.4.